The van der Waals surface area contributed by atoms with Crippen LogP contribution in [0.2, 0.25) is 0 Å². The molecule has 0 aromatic carbocycles. The molecular weight excluding hydrogens is 133 g/mol. The minimum Gasteiger partial charge on any atom is -0.376 e. The first-order valence-electron chi connectivity index (χ1n) is 3.80. The molecule has 2 fully saturated rings. The van der Waals surface area contributed by atoms with Crippen molar-refractivity contribution in [2.45, 2.75) is 24.6 Å². The summed E-state index contributed by atoms with van der Waals surface area (Å²) in [4.78, 5) is 0. The normalized spacial score (nSPS) is 47.1. The van der Waals surface area contributed by atoms with Gasteiger partial charge in [-0.1, -0.05) is 0 Å². The van der Waals surface area contributed by atoms with E-state index in [2.05, 4.69) is 5.32 Å². The van der Waals surface area contributed by atoms with Crippen LogP contribution in [-0.4, -0.2) is 31.5 Å². The van der Waals surface area contributed by atoms with Gasteiger partial charge in [-0.3, -0.25) is 0 Å². The van der Waals surface area contributed by atoms with Crippen LogP contribution in [0.5, 0.6) is 0 Å². The summed E-state index contributed by atoms with van der Waals surface area (Å²) >= 11 is 0. The highest BCUT2D eigenvalue weighted by Gasteiger charge is 2.46. The highest BCUT2D eigenvalue weighted by Crippen LogP contribution is 2.30. The summed E-state index contributed by atoms with van der Waals surface area (Å²) in [5.74, 6) is 0. The Kier molecular flexibility index (Phi) is 1.42. The molecule has 2 rings (SSSR count). The van der Waals surface area contributed by atoms with Crippen molar-refractivity contribution in [1.29, 1.82) is 0 Å². The molecule has 2 aliphatic heterocycles. The fraction of sp³-hybridized carbons (Fsp3) is 1.00. The van der Waals surface area contributed by atoms with E-state index in [9.17, 15) is 4.39 Å². The zero-order chi connectivity index (χ0) is 7.03. The van der Waals surface area contributed by atoms with Crippen LogP contribution in [0.3, 0.4) is 0 Å². The first kappa shape index (κ1) is 6.55. The third-order valence-electron chi connectivity index (χ3n) is 2.50. The molecule has 1 N–H and O–H groups in total. The smallest absolute Gasteiger partial charge is 0.144 e. The first-order valence-corrected chi connectivity index (χ1v) is 3.80. The number of alkyl halides is 1. The Labute approximate surface area is 59.7 Å². The first-order chi connectivity index (χ1) is 4.83. The monoisotopic (exact) mass is 145 g/mol. The van der Waals surface area contributed by atoms with Crippen molar-refractivity contribution < 1.29 is 9.13 Å². The molecule has 3 heteroatoms. The van der Waals surface area contributed by atoms with Crippen molar-refractivity contribution in [3.8, 4) is 0 Å². The zero-order valence-corrected chi connectivity index (χ0v) is 5.90. The number of hydrogen-bond acceptors (Lipinski definition) is 2. The second-order valence-corrected chi connectivity index (χ2v) is 3.17. The standard InChI is InChI=1S/C7H12FNO/c8-6-4-10-5-7(6)2-1-3-9-7/h6,9H,1-5H2. The van der Waals surface area contributed by atoms with Gasteiger partial charge in [0.25, 0.3) is 0 Å². The fourth-order valence-electron chi connectivity index (χ4n) is 1.81. The van der Waals surface area contributed by atoms with Crippen LogP contribution < -0.4 is 5.32 Å². The van der Waals surface area contributed by atoms with Crippen LogP contribution in [-0.2, 0) is 4.74 Å². The average Bonchev–Trinajstić information content (AvgIpc) is 2.48. The summed E-state index contributed by atoms with van der Waals surface area (Å²) in [6.45, 7) is 1.80. The zero-order valence-electron chi connectivity index (χ0n) is 5.90. The summed E-state index contributed by atoms with van der Waals surface area (Å²) in [5, 5.41) is 3.18. The Morgan fingerprint density at radius 2 is 2.50 bits per heavy atom. The molecule has 0 aromatic heterocycles. The van der Waals surface area contributed by atoms with E-state index in [0.717, 1.165) is 19.4 Å². The van der Waals surface area contributed by atoms with Gasteiger partial charge in [0.05, 0.1) is 18.8 Å². The SMILES string of the molecule is FC1COCC12CCCN2. The van der Waals surface area contributed by atoms with E-state index in [1.165, 1.54) is 0 Å². The lowest BCUT2D eigenvalue weighted by atomic mass is 9.95. The third kappa shape index (κ3) is 0.772. The molecule has 2 nitrogen and oxygen atoms in total. The molecule has 2 saturated heterocycles. The number of rotatable bonds is 0. The summed E-state index contributed by atoms with van der Waals surface area (Å²) < 4.78 is 18.2. The molecule has 0 aliphatic carbocycles. The van der Waals surface area contributed by atoms with E-state index in [1.54, 1.807) is 0 Å². The van der Waals surface area contributed by atoms with Gasteiger partial charge in [0.1, 0.15) is 6.17 Å². The Morgan fingerprint density at radius 3 is 3.00 bits per heavy atom. The lowest BCUT2D eigenvalue weighted by Crippen LogP contribution is -2.47. The quantitative estimate of drug-likeness (QED) is 0.535. The molecule has 2 heterocycles. The number of ether oxygens (including phenoxy) is 1. The highest BCUT2D eigenvalue weighted by atomic mass is 19.1. The van der Waals surface area contributed by atoms with E-state index in [-0.39, 0.29) is 12.1 Å². The minimum atomic E-state index is -0.782. The van der Waals surface area contributed by atoms with Gasteiger partial charge < -0.3 is 10.1 Å². The Morgan fingerprint density at radius 1 is 1.60 bits per heavy atom. The van der Waals surface area contributed by atoms with Crippen LogP contribution in [0.1, 0.15) is 12.8 Å². The number of nitrogens with one attached hydrogen (secondary N) is 1. The van der Waals surface area contributed by atoms with Crippen LogP contribution >= 0.6 is 0 Å². The van der Waals surface area contributed by atoms with Crippen molar-refractivity contribution in [2.75, 3.05) is 19.8 Å². The molecule has 0 radical (unpaired) electrons. The molecule has 0 saturated carbocycles. The molecule has 2 unspecified atom stereocenters. The van der Waals surface area contributed by atoms with Crippen molar-refractivity contribution >= 4 is 0 Å². The predicted octanol–water partition coefficient (Wildman–Crippen LogP) is 0.477. The van der Waals surface area contributed by atoms with Gasteiger partial charge in [-0.2, -0.15) is 0 Å². The van der Waals surface area contributed by atoms with Gasteiger partial charge in [0, 0.05) is 0 Å². The second kappa shape index (κ2) is 2.17. The number of halogens is 1. The maximum Gasteiger partial charge on any atom is 0.144 e. The Hall–Kier alpha value is -0.150. The van der Waals surface area contributed by atoms with Gasteiger partial charge in [-0.15, -0.1) is 0 Å². The predicted molar refractivity (Wildman–Crippen MR) is 35.7 cm³/mol. The molecule has 0 amide bonds. The average molecular weight is 145 g/mol. The van der Waals surface area contributed by atoms with Gasteiger partial charge in [-0.05, 0) is 19.4 Å². The van der Waals surface area contributed by atoms with Crippen molar-refractivity contribution in [1.82, 2.24) is 5.32 Å². The Balaban J connectivity index is 2.11. The van der Waals surface area contributed by atoms with E-state index >= 15 is 0 Å². The summed E-state index contributed by atoms with van der Waals surface area (Å²) in [6.07, 6.45) is 1.24. The van der Waals surface area contributed by atoms with Crippen molar-refractivity contribution in [3.63, 3.8) is 0 Å². The lowest BCUT2D eigenvalue weighted by molar-refractivity contribution is 0.169. The molecule has 1 spiro atoms. The number of hydrogen-bond donors (Lipinski definition) is 1. The van der Waals surface area contributed by atoms with E-state index in [0.29, 0.717) is 6.61 Å². The van der Waals surface area contributed by atoms with Crippen LogP contribution in [0.15, 0.2) is 0 Å². The van der Waals surface area contributed by atoms with E-state index in [4.69, 9.17) is 4.74 Å². The minimum absolute atomic E-state index is 0.285. The van der Waals surface area contributed by atoms with Crippen LogP contribution in [0.25, 0.3) is 0 Å². The summed E-state index contributed by atoms with van der Waals surface area (Å²) in [7, 11) is 0. The molecule has 10 heavy (non-hydrogen) atoms. The Bertz CT molecular complexity index is 128. The molecule has 0 bridgehead atoms. The fourth-order valence-corrected chi connectivity index (χ4v) is 1.81. The second-order valence-electron chi connectivity index (χ2n) is 3.17. The van der Waals surface area contributed by atoms with E-state index in [1.807, 2.05) is 0 Å². The largest absolute Gasteiger partial charge is 0.376 e. The maximum absolute atomic E-state index is 13.1. The van der Waals surface area contributed by atoms with E-state index < -0.39 is 6.17 Å². The maximum atomic E-state index is 13.1. The van der Waals surface area contributed by atoms with Gasteiger partial charge in [0.2, 0.25) is 0 Å². The molecule has 58 valence electrons. The third-order valence-corrected chi connectivity index (χ3v) is 2.50. The molecular formula is C7H12FNO. The van der Waals surface area contributed by atoms with Crippen molar-refractivity contribution in [2.24, 2.45) is 0 Å². The van der Waals surface area contributed by atoms with Crippen molar-refractivity contribution in [3.05, 3.63) is 0 Å². The van der Waals surface area contributed by atoms with Crippen LogP contribution in [0.4, 0.5) is 4.39 Å². The topological polar surface area (TPSA) is 21.3 Å². The van der Waals surface area contributed by atoms with Gasteiger partial charge in [-0.25, -0.2) is 4.39 Å². The molecule has 2 atom stereocenters. The molecule has 0 aromatic rings. The summed E-state index contributed by atoms with van der Waals surface area (Å²) in [5.41, 5.74) is -0.292. The lowest BCUT2D eigenvalue weighted by Gasteiger charge is -2.23. The van der Waals surface area contributed by atoms with Gasteiger partial charge >= 0.3 is 0 Å². The van der Waals surface area contributed by atoms with Crippen LogP contribution in [0, 0.1) is 0 Å². The highest BCUT2D eigenvalue weighted by molar-refractivity contribution is 5.02. The summed E-state index contributed by atoms with van der Waals surface area (Å²) in [6, 6.07) is 0. The van der Waals surface area contributed by atoms with Gasteiger partial charge in [0.15, 0.2) is 0 Å². The molecule has 2 aliphatic rings.